The molecular formula is C15H22N2O2. The highest BCUT2D eigenvalue weighted by Crippen LogP contribution is 2.15. The molecule has 0 radical (unpaired) electrons. The molecule has 4 nitrogen and oxygen atoms in total. The maximum atomic E-state index is 11.6. The molecule has 0 bridgehead atoms. The Morgan fingerprint density at radius 1 is 1.37 bits per heavy atom. The maximum Gasteiger partial charge on any atom is 0.338 e. The second kappa shape index (κ2) is 5.72. The van der Waals surface area contributed by atoms with E-state index in [1.54, 1.807) is 0 Å². The topological polar surface area (TPSA) is 41.6 Å². The van der Waals surface area contributed by atoms with Gasteiger partial charge < -0.3 is 4.74 Å². The van der Waals surface area contributed by atoms with Gasteiger partial charge in [0.25, 0.3) is 0 Å². The number of benzene rings is 1. The number of aryl methyl sites for hydroxylation is 2. The molecule has 19 heavy (non-hydrogen) atoms. The fourth-order valence-corrected chi connectivity index (χ4v) is 2.81. The molecule has 2 atom stereocenters. The van der Waals surface area contributed by atoms with E-state index >= 15 is 0 Å². The van der Waals surface area contributed by atoms with Crippen molar-refractivity contribution in [3.05, 3.63) is 34.9 Å². The number of methoxy groups -OCH3 is 1. The highest BCUT2D eigenvalue weighted by molar-refractivity contribution is 5.75. The van der Waals surface area contributed by atoms with E-state index in [9.17, 15) is 4.79 Å². The molecule has 2 rings (SSSR count). The van der Waals surface area contributed by atoms with Gasteiger partial charge >= 0.3 is 5.97 Å². The first kappa shape index (κ1) is 14.0. The molecule has 0 amide bonds. The molecule has 1 aliphatic rings. The van der Waals surface area contributed by atoms with Crippen molar-refractivity contribution in [1.29, 1.82) is 0 Å². The second-order valence-corrected chi connectivity index (χ2v) is 5.43. The molecule has 4 heteroatoms. The first-order chi connectivity index (χ1) is 8.99. The van der Waals surface area contributed by atoms with E-state index in [1.165, 1.54) is 23.8 Å². The summed E-state index contributed by atoms with van der Waals surface area (Å²) in [4.78, 5) is 13.6. The van der Waals surface area contributed by atoms with Gasteiger partial charge in [-0.05, 0) is 32.9 Å². The lowest BCUT2D eigenvalue weighted by Gasteiger charge is -2.15. The van der Waals surface area contributed by atoms with Gasteiger partial charge in [0.2, 0.25) is 0 Å². The molecule has 1 fully saturated rings. The van der Waals surface area contributed by atoms with Gasteiger partial charge in [-0.15, -0.1) is 0 Å². The minimum atomic E-state index is -0.319. The van der Waals surface area contributed by atoms with E-state index in [2.05, 4.69) is 37.4 Å². The van der Waals surface area contributed by atoms with Crippen LogP contribution in [0.4, 0.5) is 0 Å². The molecule has 0 saturated carbocycles. The molecule has 0 aromatic heterocycles. The number of nitrogens with zero attached hydrogens (tertiary/aromatic N) is 1. The van der Waals surface area contributed by atoms with E-state index in [1.807, 2.05) is 11.9 Å². The number of ether oxygens (including phenoxy) is 1. The summed E-state index contributed by atoms with van der Waals surface area (Å²) < 4.78 is 4.80. The summed E-state index contributed by atoms with van der Waals surface area (Å²) >= 11 is 0. The van der Waals surface area contributed by atoms with Crippen molar-refractivity contribution in [1.82, 2.24) is 10.2 Å². The highest BCUT2D eigenvalue weighted by atomic mass is 16.5. The summed E-state index contributed by atoms with van der Waals surface area (Å²) in [6.45, 7) is 5.08. The van der Waals surface area contributed by atoms with Gasteiger partial charge in [0, 0.05) is 12.6 Å². The molecule has 1 saturated heterocycles. The standard InChI is InChI=1S/C15H22N2O2/c1-10-5-11(2)7-12(6-10)8-13-9-17(3)14(16-13)15(18)19-4/h5-7,13-14,16H,8-9H2,1-4H3/t13-,14?/m0/s1. The van der Waals surface area contributed by atoms with Gasteiger partial charge in [-0.25, -0.2) is 4.79 Å². The largest absolute Gasteiger partial charge is 0.467 e. The van der Waals surface area contributed by atoms with Gasteiger partial charge in [-0.2, -0.15) is 0 Å². The molecule has 1 aromatic rings. The Hall–Kier alpha value is -1.39. The minimum Gasteiger partial charge on any atom is -0.467 e. The molecule has 0 spiro atoms. The van der Waals surface area contributed by atoms with Crippen molar-refractivity contribution in [3.63, 3.8) is 0 Å². The van der Waals surface area contributed by atoms with Crippen molar-refractivity contribution in [2.75, 3.05) is 20.7 Å². The van der Waals surface area contributed by atoms with Gasteiger partial charge in [0.15, 0.2) is 6.17 Å². The van der Waals surface area contributed by atoms with Crippen LogP contribution in [0.5, 0.6) is 0 Å². The Morgan fingerprint density at radius 2 is 2.00 bits per heavy atom. The van der Waals surface area contributed by atoms with Crippen molar-refractivity contribution < 1.29 is 9.53 Å². The zero-order chi connectivity index (χ0) is 14.0. The highest BCUT2D eigenvalue weighted by Gasteiger charge is 2.34. The number of hydrogen-bond acceptors (Lipinski definition) is 4. The van der Waals surface area contributed by atoms with Crippen LogP contribution in [-0.2, 0) is 16.0 Å². The average Bonchev–Trinajstić information content (AvgIpc) is 2.68. The molecular weight excluding hydrogens is 240 g/mol. The normalized spacial score (nSPS) is 23.6. The van der Waals surface area contributed by atoms with Crippen LogP contribution >= 0.6 is 0 Å². The molecule has 104 valence electrons. The molecule has 1 unspecified atom stereocenters. The van der Waals surface area contributed by atoms with Crippen LogP contribution in [0.3, 0.4) is 0 Å². The number of hydrogen-bond donors (Lipinski definition) is 1. The smallest absolute Gasteiger partial charge is 0.338 e. The Kier molecular flexibility index (Phi) is 4.22. The zero-order valence-electron chi connectivity index (χ0n) is 12.1. The van der Waals surface area contributed by atoms with E-state index in [-0.39, 0.29) is 18.2 Å². The van der Waals surface area contributed by atoms with Crippen LogP contribution in [0.25, 0.3) is 0 Å². The van der Waals surface area contributed by atoms with Crippen LogP contribution in [0.1, 0.15) is 16.7 Å². The lowest BCUT2D eigenvalue weighted by Crippen LogP contribution is -2.42. The Bertz CT molecular complexity index is 453. The lowest BCUT2D eigenvalue weighted by molar-refractivity contribution is -0.146. The number of likely N-dealkylation sites (N-methyl/N-ethyl adjacent to an activating group) is 1. The van der Waals surface area contributed by atoms with Gasteiger partial charge in [-0.1, -0.05) is 29.3 Å². The lowest BCUT2D eigenvalue weighted by atomic mass is 10.0. The maximum absolute atomic E-state index is 11.6. The van der Waals surface area contributed by atoms with Crippen LogP contribution in [0.2, 0.25) is 0 Å². The Balaban J connectivity index is 2.03. The van der Waals surface area contributed by atoms with Gasteiger partial charge in [0.1, 0.15) is 0 Å². The van der Waals surface area contributed by atoms with E-state index in [4.69, 9.17) is 4.74 Å². The van der Waals surface area contributed by atoms with Crippen molar-refractivity contribution in [2.24, 2.45) is 0 Å². The Labute approximate surface area is 114 Å². The Morgan fingerprint density at radius 3 is 2.58 bits per heavy atom. The van der Waals surface area contributed by atoms with E-state index in [0.29, 0.717) is 0 Å². The summed E-state index contributed by atoms with van der Waals surface area (Å²) in [5, 5.41) is 3.33. The number of nitrogens with one attached hydrogen (secondary N) is 1. The first-order valence-corrected chi connectivity index (χ1v) is 6.61. The molecule has 0 aliphatic carbocycles. The molecule has 1 heterocycles. The summed E-state index contributed by atoms with van der Waals surface area (Å²) in [5.41, 5.74) is 3.88. The summed E-state index contributed by atoms with van der Waals surface area (Å²) in [6, 6.07) is 6.88. The third-order valence-corrected chi connectivity index (χ3v) is 3.53. The minimum absolute atomic E-state index is 0.217. The first-order valence-electron chi connectivity index (χ1n) is 6.61. The van der Waals surface area contributed by atoms with Crippen molar-refractivity contribution in [3.8, 4) is 0 Å². The molecule has 1 aliphatic heterocycles. The number of esters is 1. The molecule has 1 aromatic carbocycles. The summed E-state index contributed by atoms with van der Waals surface area (Å²) in [6.07, 6.45) is 0.612. The number of carbonyl (C=O) groups excluding carboxylic acids is 1. The third-order valence-electron chi connectivity index (χ3n) is 3.53. The third kappa shape index (κ3) is 3.33. The summed E-state index contributed by atoms with van der Waals surface area (Å²) in [5.74, 6) is -0.217. The monoisotopic (exact) mass is 262 g/mol. The van der Waals surface area contributed by atoms with Crippen molar-refractivity contribution in [2.45, 2.75) is 32.5 Å². The number of rotatable bonds is 3. The predicted molar refractivity (Wildman–Crippen MR) is 75.0 cm³/mol. The van der Waals surface area contributed by atoms with Crippen LogP contribution in [-0.4, -0.2) is 43.8 Å². The van der Waals surface area contributed by atoms with E-state index < -0.39 is 0 Å². The second-order valence-electron chi connectivity index (χ2n) is 5.43. The van der Waals surface area contributed by atoms with E-state index in [0.717, 1.165) is 13.0 Å². The predicted octanol–water partition coefficient (Wildman–Crippen LogP) is 1.25. The SMILES string of the molecule is COC(=O)C1N[C@@H](Cc2cc(C)cc(C)c2)CN1C. The van der Waals surface area contributed by atoms with Crippen LogP contribution in [0.15, 0.2) is 18.2 Å². The van der Waals surface area contributed by atoms with Crippen LogP contribution < -0.4 is 5.32 Å². The van der Waals surface area contributed by atoms with Crippen molar-refractivity contribution >= 4 is 5.97 Å². The van der Waals surface area contributed by atoms with Gasteiger partial charge in [-0.3, -0.25) is 10.2 Å². The van der Waals surface area contributed by atoms with Crippen LogP contribution in [0, 0.1) is 13.8 Å². The molecule has 1 N–H and O–H groups in total. The summed E-state index contributed by atoms with van der Waals surface area (Å²) in [7, 11) is 3.37. The fraction of sp³-hybridized carbons (Fsp3) is 0.533. The zero-order valence-corrected chi connectivity index (χ0v) is 12.1. The number of carbonyl (C=O) groups is 1. The quantitative estimate of drug-likeness (QED) is 0.832. The fourth-order valence-electron chi connectivity index (χ4n) is 2.81. The van der Waals surface area contributed by atoms with Gasteiger partial charge in [0.05, 0.1) is 7.11 Å². The average molecular weight is 262 g/mol.